The second kappa shape index (κ2) is 15.7. The Kier molecular flexibility index (Phi) is 13.1. The molecule has 1 amide bonds. The Morgan fingerprint density at radius 3 is 1.82 bits per heavy atom. The van der Waals surface area contributed by atoms with E-state index in [0.29, 0.717) is 5.75 Å². The molecular formula is C26H33NO11. The van der Waals surface area contributed by atoms with Gasteiger partial charge in [-0.1, -0.05) is 13.2 Å². The number of nitrogens with one attached hydrogen (secondary N) is 1. The lowest BCUT2D eigenvalue weighted by Gasteiger charge is -2.24. The van der Waals surface area contributed by atoms with Crippen molar-refractivity contribution in [2.24, 2.45) is 0 Å². The molecule has 12 nitrogen and oxygen atoms in total. The molecule has 0 radical (unpaired) electrons. The Balaban J connectivity index is 2.36. The maximum atomic E-state index is 12.8. The van der Waals surface area contributed by atoms with Crippen molar-refractivity contribution in [1.82, 2.24) is 5.32 Å². The molecule has 0 unspecified atom stereocenters. The summed E-state index contributed by atoms with van der Waals surface area (Å²) in [6.07, 6.45) is -1.79. The molecule has 208 valence electrons. The number of ether oxygens (including phenoxy) is 6. The molecule has 0 aliphatic heterocycles. The van der Waals surface area contributed by atoms with E-state index < -0.39 is 35.6 Å². The zero-order valence-corrected chi connectivity index (χ0v) is 22.0. The maximum Gasteiger partial charge on any atom is 0.508 e. The van der Waals surface area contributed by atoms with Gasteiger partial charge in [0.2, 0.25) is 5.78 Å². The van der Waals surface area contributed by atoms with E-state index in [-0.39, 0.29) is 56.3 Å². The van der Waals surface area contributed by atoms with Crippen molar-refractivity contribution in [2.45, 2.75) is 33.3 Å². The number of ketones is 1. The van der Waals surface area contributed by atoms with Crippen molar-refractivity contribution in [3.8, 4) is 5.75 Å². The first-order valence-electron chi connectivity index (χ1n) is 11.5. The Bertz CT molecular complexity index is 1030. The summed E-state index contributed by atoms with van der Waals surface area (Å²) in [7, 11) is 0. The van der Waals surface area contributed by atoms with Gasteiger partial charge >= 0.3 is 24.2 Å². The average Bonchev–Trinajstić information content (AvgIpc) is 2.86. The lowest BCUT2D eigenvalue weighted by atomic mass is 9.96. The summed E-state index contributed by atoms with van der Waals surface area (Å²) in [6, 6.07) is 6.07. The molecule has 0 saturated heterocycles. The number of esters is 2. The van der Waals surface area contributed by atoms with E-state index in [4.69, 9.17) is 28.4 Å². The third kappa shape index (κ3) is 12.1. The standard InChI is InChI=1S/C26H33NO11/c1-17(2)22(29)34-12-11-27-24(31)38-26(5,6)21(28)19-7-9-20(10-8-19)33-13-15-36-25(32)37-16-14-35-23(30)18(3)4/h7-10H,1,3,11-16H2,2,4-6H3,(H,27,31). The number of amides is 1. The number of carbonyl (C=O) groups excluding carboxylic acids is 5. The van der Waals surface area contributed by atoms with Crippen molar-refractivity contribution in [3.05, 3.63) is 54.1 Å². The van der Waals surface area contributed by atoms with Gasteiger partial charge in [-0.25, -0.2) is 19.2 Å². The molecule has 38 heavy (non-hydrogen) atoms. The lowest BCUT2D eigenvalue weighted by molar-refractivity contribution is -0.140. The average molecular weight is 536 g/mol. The van der Waals surface area contributed by atoms with Crippen molar-refractivity contribution in [3.63, 3.8) is 0 Å². The normalized spacial score (nSPS) is 10.4. The first-order chi connectivity index (χ1) is 17.8. The number of hydrogen-bond acceptors (Lipinski definition) is 11. The number of carbonyl (C=O) groups is 5. The summed E-state index contributed by atoms with van der Waals surface area (Å²) in [6.45, 7) is 12.3. The van der Waals surface area contributed by atoms with E-state index in [0.717, 1.165) is 0 Å². The van der Waals surface area contributed by atoms with Gasteiger partial charge in [0.25, 0.3) is 0 Å². The van der Waals surface area contributed by atoms with Gasteiger partial charge < -0.3 is 33.7 Å². The Labute approximate surface area is 220 Å². The van der Waals surface area contributed by atoms with Crippen LogP contribution in [0, 0.1) is 0 Å². The minimum Gasteiger partial charge on any atom is -0.490 e. The zero-order chi connectivity index (χ0) is 28.7. The van der Waals surface area contributed by atoms with Gasteiger partial charge in [-0.15, -0.1) is 0 Å². The predicted molar refractivity (Wildman–Crippen MR) is 134 cm³/mol. The smallest absolute Gasteiger partial charge is 0.490 e. The van der Waals surface area contributed by atoms with Gasteiger partial charge in [0.15, 0.2) is 5.60 Å². The maximum absolute atomic E-state index is 12.8. The van der Waals surface area contributed by atoms with Crippen LogP contribution in [0.3, 0.4) is 0 Å². The van der Waals surface area contributed by atoms with Crippen LogP contribution < -0.4 is 10.1 Å². The Morgan fingerprint density at radius 1 is 0.763 bits per heavy atom. The fourth-order valence-corrected chi connectivity index (χ4v) is 2.49. The second-order valence-electron chi connectivity index (χ2n) is 8.31. The largest absolute Gasteiger partial charge is 0.508 e. The molecule has 0 heterocycles. The molecule has 1 N–H and O–H groups in total. The lowest BCUT2D eigenvalue weighted by Crippen LogP contribution is -2.41. The molecule has 0 aromatic heterocycles. The highest BCUT2D eigenvalue weighted by atomic mass is 16.7. The van der Waals surface area contributed by atoms with Crippen molar-refractivity contribution in [2.75, 3.05) is 39.6 Å². The molecule has 1 rings (SSSR count). The quantitative estimate of drug-likeness (QED) is 0.116. The van der Waals surface area contributed by atoms with E-state index in [1.165, 1.54) is 52.0 Å². The van der Waals surface area contributed by atoms with Crippen LogP contribution in [0.1, 0.15) is 38.1 Å². The monoisotopic (exact) mass is 535 g/mol. The van der Waals surface area contributed by atoms with Gasteiger partial charge in [-0.2, -0.15) is 0 Å². The van der Waals surface area contributed by atoms with Crippen LogP contribution in [0.15, 0.2) is 48.6 Å². The summed E-state index contributed by atoms with van der Waals surface area (Å²) in [5, 5.41) is 2.40. The van der Waals surface area contributed by atoms with Gasteiger partial charge in [-0.3, -0.25) is 4.79 Å². The first kappa shape index (κ1) is 31.7. The van der Waals surface area contributed by atoms with E-state index in [9.17, 15) is 24.0 Å². The highest BCUT2D eigenvalue weighted by Gasteiger charge is 2.33. The van der Waals surface area contributed by atoms with Crippen molar-refractivity contribution < 1.29 is 52.4 Å². The van der Waals surface area contributed by atoms with Crippen LogP contribution in [-0.4, -0.2) is 75.2 Å². The number of alkyl carbamates (subject to hydrolysis) is 1. The zero-order valence-electron chi connectivity index (χ0n) is 22.0. The fourth-order valence-electron chi connectivity index (χ4n) is 2.49. The fraction of sp³-hybridized carbons (Fsp3) is 0.423. The molecule has 0 spiro atoms. The Hall–Kier alpha value is -4.35. The highest BCUT2D eigenvalue weighted by molar-refractivity contribution is 6.03. The first-order valence-corrected chi connectivity index (χ1v) is 11.5. The van der Waals surface area contributed by atoms with E-state index in [1.54, 1.807) is 0 Å². The van der Waals surface area contributed by atoms with Crippen LogP contribution in [0.5, 0.6) is 5.75 Å². The topological polar surface area (TPSA) is 153 Å². The molecule has 0 aliphatic rings. The SMILES string of the molecule is C=C(C)C(=O)OCCNC(=O)OC(C)(C)C(=O)c1ccc(OCCOC(=O)OCCOC(=O)C(=C)C)cc1. The Morgan fingerprint density at radius 2 is 1.26 bits per heavy atom. The van der Waals surface area contributed by atoms with Crippen molar-refractivity contribution >= 4 is 30.0 Å². The molecule has 0 saturated carbocycles. The van der Waals surface area contributed by atoms with E-state index in [2.05, 4.69) is 18.5 Å². The summed E-state index contributed by atoms with van der Waals surface area (Å²) in [4.78, 5) is 58.8. The van der Waals surface area contributed by atoms with Crippen LogP contribution in [-0.2, 0) is 33.3 Å². The van der Waals surface area contributed by atoms with Crippen LogP contribution >= 0.6 is 0 Å². The minimum absolute atomic E-state index is 0.000470. The van der Waals surface area contributed by atoms with Crippen molar-refractivity contribution in [1.29, 1.82) is 0 Å². The number of rotatable bonds is 15. The predicted octanol–water partition coefficient (Wildman–Crippen LogP) is 3.14. The van der Waals surface area contributed by atoms with E-state index >= 15 is 0 Å². The molecule has 0 atom stereocenters. The molecule has 1 aromatic carbocycles. The summed E-state index contributed by atoms with van der Waals surface area (Å²) >= 11 is 0. The van der Waals surface area contributed by atoms with Gasteiger partial charge in [0, 0.05) is 16.7 Å². The molecule has 0 fully saturated rings. The van der Waals surface area contributed by atoms with Crippen LogP contribution in [0.25, 0.3) is 0 Å². The van der Waals surface area contributed by atoms with Gasteiger partial charge in [-0.05, 0) is 52.0 Å². The minimum atomic E-state index is -1.47. The summed E-state index contributed by atoms with van der Waals surface area (Å²) < 4.78 is 29.9. The van der Waals surface area contributed by atoms with Gasteiger partial charge in [0.1, 0.15) is 38.8 Å². The molecule has 12 heteroatoms. The van der Waals surface area contributed by atoms with E-state index in [1.807, 2.05) is 0 Å². The summed E-state index contributed by atoms with van der Waals surface area (Å²) in [5.41, 5.74) is -0.726. The molecule has 0 bridgehead atoms. The number of hydrogen-bond donors (Lipinski definition) is 1. The molecular weight excluding hydrogens is 502 g/mol. The van der Waals surface area contributed by atoms with Crippen LogP contribution in [0.2, 0.25) is 0 Å². The third-order valence-corrected chi connectivity index (χ3v) is 4.42. The second-order valence-corrected chi connectivity index (χ2v) is 8.31. The van der Waals surface area contributed by atoms with Crippen LogP contribution in [0.4, 0.5) is 9.59 Å². The number of benzene rings is 1. The highest BCUT2D eigenvalue weighted by Crippen LogP contribution is 2.20. The molecule has 0 aliphatic carbocycles. The molecule has 1 aromatic rings. The van der Waals surface area contributed by atoms with Gasteiger partial charge in [0.05, 0.1) is 6.54 Å². The summed E-state index contributed by atoms with van der Waals surface area (Å²) in [5.74, 6) is -1.20. The number of Topliss-reactive ketones (excluding diaryl/α,β-unsaturated/α-hetero) is 1. The third-order valence-electron chi connectivity index (χ3n) is 4.42.